The molecule has 0 aliphatic carbocycles. The number of nitrogens with zero attached hydrogens (tertiary/aromatic N) is 5. The molecule has 0 saturated carbocycles. The van der Waals surface area contributed by atoms with Crippen LogP contribution in [0.25, 0.3) is 4.96 Å². The van der Waals surface area contributed by atoms with Crippen molar-refractivity contribution < 1.29 is 9.50 Å². The second-order valence-corrected chi connectivity index (χ2v) is 9.24. The van der Waals surface area contributed by atoms with E-state index in [0.29, 0.717) is 45.8 Å². The first-order valence-corrected chi connectivity index (χ1v) is 11.8. The predicted molar refractivity (Wildman–Crippen MR) is 125 cm³/mol. The zero-order valence-electron chi connectivity index (χ0n) is 17.6. The van der Waals surface area contributed by atoms with Crippen LogP contribution in [0.15, 0.2) is 48.5 Å². The molecule has 6 nitrogen and oxygen atoms in total. The molecule has 2 aromatic carbocycles. The maximum absolute atomic E-state index is 14.9. The highest BCUT2D eigenvalue weighted by atomic mass is 35.5. The van der Waals surface area contributed by atoms with Gasteiger partial charge in [0, 0.05) is 48.9 Å². The topological polar surface area (TPSA) is 56.9 Å². The van der Waals surface area contributed by atoms with Crippen LogP contribution in [0, 0.1) is 5.82 Å². The first kappa shape index (κ1) is 21.2. The van der Waals surface area contributed by atoms with E-state index < -0.39 is 6.04 Å². The van der Waals surface area contributed by atoms with Crippen LogP contribution in [-0.2, 0) is 6.42 Å². The van der Waals surface area contributed by atoms with E-state index in [1.54, 1.807) is 12.1 Å². The third-order valence-corrected chi connectivity index (χ3v) is 7.17. The van der Waals surface area contributed by atoms with Crippen LogP contribution in [0.5, 0.6) is 5.88 Å². The normalized spacial score (nSPS) is 16.0. The highest BCUT2D eigenvalue weighted by molar-refractivity contribution is 7.17. The molecule has 0 bridgehead atoms. The molecule has 32 heavy (non-hydrogen) atoms. The number of benzene rings is 2. The molecular weight excluding hydrogens is 449 g/mol. The molecule has 1 atom stereocenters. The number of rotatable bonds is 5. The number of hydrogen-bond acceptors (Lipinski definition) is 6. The summed E-state index contributed by atoms with van der Waals surface area (Å²) in [6.07, 6.45) is 0.686. The second-order valence-electron chi connectivity index (χ2n) is 7.79. The van der Waals surface area contributed by atoms with Gasteiger partial charge in [-0.3, -0.25) is 4.90 Å². The molecule has 1 saturated heterocycles. The summed E-state index contributed by atoms with van der Waals surface area (Å²) in [5.74, 6) is 0.417. The van der Waals surface area contributed by atoms with Gasteiger partial charge in [0.15, 0.2) is 5.82 Å². The molecule has 1 fully saturated rings. The Labute approximate surface area is 194 Å². The first-order chi connectivity index (χ1) is 15.5. The predicted octanol–water partition coefficient (Wildman–Crippen LogP) is 4.76. The number of anilines is 1. The number of aromatic hydroxyl groups is 1. The summed E-state index contributed by atoms with van der Waals surface area (Å²) >= 11 is 7.53. The lowest BCUT2D eigenvalue weighted by Gasteiger charge is -2.40. The van der Waals surface area contributed by atoms with Crippen LogP contribution < -0.4 is 4.90 Å². The van der Waals surface area contributed by atoms with Crippen LogP contribution in [0.3, 0.4) is 0 Å². The van der Waals surface area contributed by atoms with E-state index in [-0.39, 0.29) is 11.7 Å². The fraction of sp³-hybridized carbons (Fsp3) is 0.304. The van der Waals surface area contributed by atoms with E-state index >= 15 is 0 Å². The van der Waals surface area contributed by atoms with Gasteiger partial charge in [0.1, 0.15) is 5.82 Å². The van der Waals surface area contributed by atoms with Crippen molar-refractivity contribution in [2.45, 2.75) is 19.4 Å². The Kier molecular flexibility index (Phi) is 5.75. The minimum absolute atomic E-state index is 0.0303. The largest absolute Gasteiger partial charge is 0.492 e. The summed E-state index contributed by atoms with van der Waals surface area (Å²) < 4.78 is 16.4. The highest BCUT2D eigenvalue weighted by Gasteiger charge is 2.33. The Morgan fingerprint density at radius 1 is 1.12 bits per heavy atom. The lowest BCUT2D eigenvalue weighted by Crippen LogP contribution is -2.48. The van der Waals surface area contributed by atoms with E-state index in [0.717, 1.165) is 18.8 Å². The van der Waals surface area contributed by atoms with Crippen molar-refractivity contribution in [3.8, 4) is 5.88 Å². The Bertz CT molecular complexity index is 1250. The average molecular weight is 472 g/mol. The fourth-order valence-electron chi connectivity index (χ4n) is 4.23. The minimum Gasteiger partial charge on any atom is -0.492 e. The molecule has 166 valence electrons. The van der Waals surface area contributed by atoms with E-state index in [4.69, 9.17) is 11.6 Å². The SMILES string of the molecule is CCc1nc2sc(C(c3ccccc3F)N3CCN(c4cccc(Cl)c4)CC3)c(O)n2n1. The summed E-state index contributed by atoms with van der Waals surface area (Å²) in [6.45, 7) is 4.93. The van der Waals surface area contributed by atoms with Crippen molar-refractivity contribution in [3.05, 3.63) is 75.6 Å². The van der Waals surface area contributed by atoms with E-state index in [1.807, 2.05) is 37.3 Å². The lowest BCUT2D eigenvalue weighted by molar-refractivity contribution is 0.208. The molecule has 0 radical (unpaired) electrons. The number of aromatic nitrogens is 3. The van der Waals surface area contributed by atoms with Crippen molar-refractivity contribution in [2.24, 2.45) is 0 Å². The first-order valence-electron chi connectivity index (χ1n) is 10.6. The molecule has 3 heterocycles. The molecule has 2 aromatic heterocycles. The zero-order valence-corrected chi connectivity index (χ0v) is 19.2. The maximum atomic E-state index is 14.9. The molecule has 9 heteroatoms. The quantitative estimate of drug-likeness (QED) is 0.454. The number of hydrogen-bond donors (Lipinski definition) is 1. The van der Waals surface area contributed by atoms with Gasteiger partial charge in [-0.25, -0.2) is 9.37 Å². The summed E-state index contributed by atoms with van der Waals surface area (Å²) in [5, 5.41) is 16.1. The summed E-state index contributed by atoms with van der Waals surface area (Å²) in [4.78, 5) is 10.3. The van der Waals surface area contributed by atoms with E-state index in [2.05, 4.69) is 19.9 Å². The van der Waals surface area contributed by atoms with Crippen LogP contribution in [-0.4, -0.2) is 50.8 Å². The van der Waals surface area contributed by atoms with Crippen LogP contribution >= 0.6 is 22.9 Å². The zero-order chi connectivity index (χ0) is 22.2. The number of halogens is 2. The number of aryl methyl sites for hydroxylation is 1. The van der Waals surface area contributed by atoms with Gasteiger partial charge in [0.05, 0.1) is 10.9 Å². The van der Waals surface area contributed by atoms with Gasteiger partial charge in [0.2, 0.25) is 10.8 Å². The smallest absolute Gasteiger partial charge is 0.230 e. The Balaban J connectivity index is 1.49. The molecular formula is C23H23ClFN5OS. The number of piperazine rings is 1. The van der Waals surface area contributed by atoms with E-state index in [1.165, 1.54) is 21.9 Å². The summed E-state index contributed by atoms with van der Waals surface area (Å²) in [7, 11) is 0. The van der Waals surface area contributed by atoms with Crippen LogP contribution in [0.1, 0.15) is 29.2 Å². The lowest BCUT2D eigenvalue weighted by atomic mass is 10.0. The van der Waals surface area contributed by atoms with E-state index in [9.17, 15) is 9.50 Å². The molecule has 0 amide bonds. The molecule has 1 N–H and O–H groups in total. The van der Waals surface area contributed by atoms with Crippen molar-refractivity contribution in [1.82, 2.24) is 19.5 Å². The van der Waals surface area contributed by atoms with Gasteiger partial charge in [-0.05, 0) is 24.3 Å². The standard InChI is InChI=1S/C23H23ClFN5OS/c1-2-19-26-23-30(27-19)22(31)21(32-23)20(17-8-3-4-9-18(17)25)29-12-10-28(11-13-29)16-7-5-6-15(24)14-16/h3-9,14,20,31H,2,10-13H2,1H3. The molecule has 0 spiro atoms. The maximum Gasteiger partial charge on any atom is 0.230 e. The van der Waals surface area contributed by atoms with Crippen LogP contribution in [0.2, 0.25) is 5.02 Å². The highest BCUT2D eigenvalue weighted by Crippen LogP contribution is 2.41. The molecule has 1 aliphatic heterocycles. The van der Waals surface area contributed by atoms with Gasteiger partial charge in [-0.15, -0.1) is 5.10 Å². The van der Waals surface area contributed by atoms with Crippen molar-refractivity contribution in [3.63, 3.8) is 0 Å². The molecule has 1 aliphatic rings. The Morgan fingerprint density at radius 3 is 2.59 bits per heavy atom. The minimum atomic E-state index is -0.420. The molecule has 1 unspecified atom stereocenters. The monoisotopic (exact) mass is 471 g/mol. The van der Waals surface area contributed by atoms with Gasteiger partial charge in [0.25, 0.3) is 0 Å². The summed E-state index contributed by atoms with van der Waals surface area (Å²) in [5.41, 5.74) is 1.62. The average Bonchev–Trinajstić information content (AvgIpc) is 3.35. The van der Waals surface area contributed by atoms with Gasteiger partial charge in [-0.2, -0.15) is 4.52 Å². The van der Waals surface area contributed by atoms with Crippen molar-refractivity contribution in [2.75, 3.05) is 31.1 Å². The fourth-order valence-corrected chi connectivity index (χ4v) is 5.54. The van der Waals surface area contributed by atoms with Crippen molar-refractivity contribution in [1.29, 1.82) is 0 Å². The second kappa shape index (κ2) is 8.69. The molecule has 4 aromatic rings. The van der Waals surface area contributed by atoms with Crippen LogP contribution in [0.4, 0.5) is 10.1 Å². The molecule has 5 rings (SSSR count). The number of fused-ring (bicyclic) bond motifs is 1. The third-order valence-electron chi connectivity index (χ3n) is 5.86. The van der Waals surface area contributed by atoms with Gasteiger partial charge < -0.3 is 10.0 Å². The Hall–Kier alpha value is -2.68. The Morgan fingerprint density at radius 2 is 1.91 bits per heavy atom. The van der Waals surface area contributed by atoms with Gasteiger partial charge >= 0.3 is 0 Å². The van der Waals surface area contributed by atoms with Gasteiger partial charge in [-0.1, -0.05) is 54.1 Å². The third kappa shape index (κ3) is 3.83. The summed E-state index contributed by atoms with van der Waals surface area (Å²) in [6, 6.07) is 14.2. The van der Waals surface area contributed by atoms with Crippen molar-refractivity contribution >= 4 is 33.6 Å². The number of thiazole rings is 1.